The number of fused-ring (bicyclic) bond motifs is 1. The molecule has 2 atom stereocenters. The number of hydrogen-bond acceptors (Lipinski definition) is 3. The van der Waals surface area contributed by atoms with E-state index in [0.717, 1.165) is 50.1 Å². The van der Waals surface area contributed by atoms with Crippen molar-refractivity contribution < 1.29 is 9.53 Å². The summed E-state index contributed by atoms with van der Waals surface area (Å²) in [5.74, 6) is 1.11. The zero-order valence-corrected chi connectivity index (χ0v) is 21.4. The summed E-state index contributed by atoms with van der Waals surface area (Å²) >= 11 is 0. The van der Waals surface area contributed by atoms with Crippen molar-refractivity contribution in [2.45, 2.75) is 50.5 Å². The quantitative estimate of drug-likeness (QED) is 0.232. The van der Waals surface area contributed by atoms with Crippen molar-refractivity contribution in [2.75, 3.05) is 6.54 Å². The van der Waals surface area contributed by atoms with Crippen molar-refractivity contribution in [2.24, 2.45) is 0 Å². The maximum atomic E-state index is 12.5. The standard InChI is InChI=1S/C29H35B2N3O2/c30-27(24-11-8-15-32-20-24)28(31)29(35)33-16-6-1-2-7-17-34-18-14-23-19-25(12-13-26(23)34)36-21-22-9-4-3-5-10-22/h3-5,8-15,18-20,27-28H,1-2,6-7,16-17,21,30-31H2,(H,33,35)/t27-,28+/m0/s1. The molecule has 0 fully saturated rings. The minimum atomic E-state index is -0.0690. The van der Waals surface area contributed by atoms with Gasteiger partial charge in [-0.2, -0.15) is 0 Å². The maximum Gasteiger partial charge on any atom is 0.214 e. The molecule has 184 valence electrons. The van der Waals surface area contributed by atoms with Crippen molar-refractivity contribution in [3.63, 3.8) is 0 Å². The van der Waals surface area contributed by atoms with Gasteiger partial charge in [0.25, 0.3) is 0 Å². The van der Waals surface area contributed by atoms with Crippen LogP contribution in [0.25, 0.3) is 10.9 Å². The van der Waals surface area contributed by atoms with Gasteiger partial charge in [-0.05, 0) is 60.1 Å². The number of aromatic nitrogens is 2. The van der Waals surface area contributed by atoms with Gasteiger partial charge >= 0.3 is 0 Å². The summed E-state index contributed by atoms with van der Waals surface area (Å²) in [7, 11) is 4.08. The van der Waals surface area contributed by atoms with Crippen LogP contribution in [-0.4, -0.2) is 37.7 Å². The Morgan fingerprint density at radius 3 is 2.61 bits per heavy atom. The van der Waals surface area contributed by atoms with Crippen molar-refractivity contribution in [1.82, 2.24) is 14.9 Å². The molecule has 1 amide bonds. The van der Waals surface area contributed by atoms with E-state index in [0.29, 0.717) is 6.61 Å². The van der Waals surface area contributed by atoms with E-state index in [-0.39, 0.29) is 17.5 Å². The lowest BCUT2D eigenvalue weighted by Gasteiger charge is -2.19. The molecule has 2 aromatic heterocycles. The third kappa shape index (κ3) is 7.03. The number of pyridine rings is 1. The number of carbonyl (C=O) groups excluding carboxylic acids is 1. The molecule has 0 aliphatic rings. The predicted molar refractivity (Wildman–Crippen MR) is 152 cm³/mol. The molecule has 2 heterocycles. The molecule has 0 aliphatic carbocycles. The number of hydrogen-bond donors (Lipinski definition) is 1. The first-order valence-corrected chi connectivity index (χ1v) is 13.0. The summed E-state index contributed by atoms with van der Waals surface area (Å²) in [6.07, 6.45) is 10.2. The molecule has 0 bridgehead atoms. The van der Waals surface area contributed by atoms with E-state index in [4.69, 9.17) is 4.74 Å². The maximum absolute atomic E-state index is 12.5. The van der Waals surface area contributed by atoms with Crippen LogP contribution in [0.5, 0.6) is 5.75 Å². The van der Waals surface area contributed by atoms with Gasteiger partial charge in [0.05, 0.1) is 0 Å². The molecule has 4 aromatic rings. The largest absolute Gasteiger partial charge is 0.489 e. The van der Waals surface area contributed by atoms with E-state index < -0.39 is 0 Å². The second-order valence-electron chi connectivity index (χ2n) is 9.57. The number of nitrogens with one attached hydrogen (secondary N) is 1. The minimum absolute atomic E-state index is 0.0690. The first-order chi connectivity index (χ1) is 17.6. The summed E-state index contributed by atoms with van der Waals surface area (Å²) in [6.45, 7) is 2.32. The fourth-order valence-corrected chi connectivity index (χ4v) is 4.50. The Morgan fingerprint density at radius 2 is 1.81 bits per heavy atom. The number of nitrogens with zero attached hydrogens (tertiary/aromatic N) is 2. The molecule has 2 aromatic carbocycles. The van der Waals surface area contributed by atoms with Crippen LogP contribution in [0.15, 0.2) is 85.3 Å². The van der Waals surface area contributed by atoms with E-state index >= 15 is 0 Å². The average Bonchev–Trinajstić information content (AvgIpc) is 3.33. The van der Waals surface area contributed by atoms with Gasteiger partial charge in [-0.1, -0.05) is 49.2 Å². The third-order valence-corrected chi connectivity index (χ3v) is 6.99. The zero-order chi connectivity index (χ0) is 25.2. The van der Waals surface area contributed by atoms with Gasteiger partial charge in [0, 0.05) is 48.4 Å². The lowest BCUT2D eigenvalue weighted by Crippen LogP contribution is -2.31. The van der Waals surface area contributed by atoms with Crippen LogP contribution in [0.4, 0.5) is 0 Å². The molecule has 0 radical (unpaired) electrons. The van der Waals surface area contributed by atoms with E-state index in [1.165, 1.54) is 16.5 Å². The minimum Gasteiger partial charge on any atom is -0.489 e. The Morgan fingerprint density at radius 1 is 0.972 bits per heavy atom. The fraction of sp³-hybridized carbons (Fsp3) is 0.310. The van der Waals surface area contributed by atoms with Crippen LogP contribution < -0.4 is 10.1 Å². The van der Waals surface area contributed by atoms with Crippen LogP contribution in [-0.2, 0) is 17.9 Å². The number of rotatable bonds is 13. The van der Waals surface area contributed by atoms with Crippen LogP contribution in [0.2, 0.25) is 5.82 Å². The Labute approximate surface area is 216 Å². The summed E-state index contributed by atoms with van der Waals surface area (Å²) in [6, 6.07) is 22.7. The van der Waals surface area contributed by atoms with E-state index in [1.807, 2.05) is 44.4 Å². The second-order valence-corrected chi connectivity index (χ2v) is 9.57. The number of benzene rings is 2. The molecular weight excluding hydrogens is 444 g/mol. The SMILES string of the molecule is B[C@@H](C(=O)NCCCCCCn1ccc2cc(OCc3ccccc3)ccc21)[C@@H](B)c1cccnc1. The highest BCUT2D eigenvalue weighted by Crippen LogP contribution is 2.24. The van der Waals surface area contributed by atoms with Crippen LogP contribution in [0.3, 0.4) is 0 Å². The lowest BCUT2D eigenvalue weighted by molar-refractivity contribution is -0.121. The normalized spacial score (nSPS) is 12.8. The molecular formula is C29H35B2N3O2. The Balaban J connectivity index is 1.13. The number of amides is 1. The second kappa shape index (κ2) is 13.0. The van der Waals surface area contributed by atoms with E-state index in [2.05, 4.69) is 65.3 Å². The van der Waals surface area contributed by atoms with Crippen LogP contribution in [0.1, 0.15) is 42.6 Å². The van der Waals surface area contributed by atoms with Gasteiger partial charge in [0.2, 0.25) is 5.91 Å². The van der Waals surface area contributed by atoms with Gasteiger partial charge in [0.15, 0.2) is 0 Å². The molecule has 7 heteroatoms. The highest BCUT2D eigenvalue weighted by molar-refractivity contribution is 6.30. The molecule has 0 saturated carbocycles. The molecule has 0 aliphatic heterocycles. The number of ether oxygens (including phenoxy) is 1. The van der Waals surface area contributed by atoms with Gasteiger partial charge < -0.3 is 14.6 Å². The Kier molecular flexibility index (Phi) is 9.26. The monoisotopic (exact) mass is 479 g/mol. The number of unbranched alkanes of at least 4 members (excludes halogenated alkanes) is 3. The third-order valence-electron chi connectivity index (χ3n) is 6.99. The highest BCUT2D eigenvalue weighted by atomic mass is 16.5. The zero-order valence-electron chi connectivity index (χ0n) is 21.4. The van der Waals surface area contributed by atoms with Gasteiger partial charge in [-0.15, -0.1) is 0 Å². The Bertz CT molecular complexity index is 1230. The fourth-order valence-electron chi connectivity index (χ4n) is 4.50. The van der Waals surface area contributed by atoms with Crippen LogP contribution in [0, 0.1) is 0 Å². The molecule has 36 heavy (non-hydrogen) atoms. The van der Waals surface area contributed by atoms with Crippen molar-refractivity contribution in [3.05, 3.63) is 96.4 Å². The van der Waals surface area contributed by atoms with Crippen molar-refractivity contribution >= 4 is 32.5 Å². The predicted octanol–water partition coefficient (Wildman–Crippen LogP) is 4.09. The number of aryl methyl sites for hydroxylation is 1. The summed E-state index contributed by atoms with van der Waals surface area (Å²) in [4.78, 5) is 16.7. The molecule has 5 nitrogen and oxygen atoms in total. The molecule has 4 rings (SSSR count). The molecule has 0 saturated heterocycles. The van der Waals surface area contributed by atoms with Gasteiger partial charge in [-0.3, -0.25) is 9.78 Å². The van der Waals surface area contributed by atoms with Crippen molar-refractivity contribution in [3.8, 4) is 5.75 Å². The van der Waals surface area contributed by atoms with Crippen LogP contribution >= 0.6 is 0 Å². The number of carbonyl (C=O) groups is 1. The smallest absolute Gasteiger partial charge is 0.214 e. The molecule has 0 spiro atoms. The lowest BCUT2D eigenvalue weighted by atomic mass is 9.63. The van der Waals surface area contributed by atoms with E-state index in [9.17, 15) is 4.79 Å². The summed E-state index contributed by atoms with van der Waals surface area (Å²) in [5, 5.41) is 4.32. The van der Waals surface area contributed by atoms with Gasteiger partial charge in [0.1, 0.15) is 28.0 Å². The molecule has 1 N–H and O–H groups in total. The van der Waals surface area contributed by atoms with Gasteiger partial charge in [-0.25, -0.2) is 0 Å². The first kappa shape index (κ1) is 25.6. The van der Waals surface area contributed by atoms with E-state index in [1.54, 1.807) is 6.20 Å². The first-order valence-electron chi connectivity index (χ1n) is 13.0. The Hall–Kier alpha value is -3.47. The summed E-state index contributed by atoms with van der Waals surface area (Å²) in [5.41, 5.74) is 3.52. The topological polar surface area (TPSA) is 56.2 Å². The summed E-state index contributed by atoms with van der Waals surface area (Å²) < 4.78 is 8.29. The molecule has 0 unspecified atom stereocenters. The average molecular weight is 479 g/mol. The van der Waals surface area contributed by atoms with Crippen molar-refractivity contribution in [1.29, 1.82) is 0 Å². The highest BCUT2D eigenvalue weighted by Gasteiger charge is 2.21.